The lowest BCUT2D eigenvalue weighted by Gasteiger charge is -2.23. The number of hydrogen-bond acceptors (Lipinski definition) is 3. The van der Waals surface area contributed by atoms with Crippen LogP contribution in [0.3, 0.4) is 0 Å². The Hall–Kier alpha value is -3.06. The number of benzene rings is 2. The number of nitrogens with zero attached hydrogens (tertiary/aromatic N) is 1. The second-order valence-corrected chi connectivity index (χ2v) is 7.93. The van der Waals surface area contributed by atoms with Crippen molar-refractivity contribution < 1.29 is 14.3 Å². The molecule has 1 aromatic heterocycles. The molecule has 0 fully saturated rings. The molecular weight excluding hydrogens is 434 g/mol. The number of rotatable bonds is 3. The van der Waals surface area contributed by atoms with Gasteiger partial charge in [0.1, 0.15) is 5.75 Å². The maximum Gasteiger partial charge on any atom is 0.265 e. The van der Waals surface area contributed by atoms with E-state index in [2.05, 4.69) is 26.6 Å². The zero-order chi connectivity index (χ0) is 20.7. The van der Waals surface area contributed by atoms with Crippen LogP contribution >= 0.6 is 15.9 Å². The highest BCUT2D eigenvalue weighted by Crippen LogP contribution is 2.32. The van der Waals surface area contributed by atoms with E-state index in [4.69, 9.17) is 4.74 Å². The number of hydrogen-bond donors (Lipinski definition) is 2. The van der Waals surface area contributed by atoms with Gasteiger partial charge >= 0.3 is 0 Å². The zero-order valence-corrected chi connectivity index (χ0v) is 17.8. The molecule has 148 valence electrons. The van der Waals surface area contributed by atoms with Gasteiger partial charge in [-0.1, -0.05) is 22.0 Å². The fourth-order valence-corrected chi connectivity index (χ4v) is 3.88. The average Bonchev–Trinajstić information content (AvgIpc) is 2.97. The van der Waals surface area contributed by atoms with Gasteiger partial charge in [-0.05, 0) is 63.2 Å². The number of fused-ring (bicyclic) bond motifs is 1. The lowest BCUT2D eigenvalue weighted by molar-refractivity contribution is -0.122. The van der Waals surface area contributed by atoms with Crippen LogP contribution in [0.4, 0.5) is 11.4 Å². The van der Waals surface area contributed by atoms with Crippen molar-refractivity contribution in [1.29, 1.82) is 0 Å². The SMILES string of the molecule is Cc1cc(C(=O)Nc2ccc3c(c2)NC(=O)C(C)O3)c(C)n1-c1cccc(Br)c1. The van der Waals surface area contributed by atoms with Gasteiger partial charge in [-0.2, -0.15) is 0 Å². The van der Waals surface area contributed by atoms with Crippen LogP contribution in [-0.4, -0.2) is 22.5 Å². The number of anilines is 2. The van der Waals surface area contributed by atoms with Gasteiger partial charge < -0.3 is 19.9 Å². The van der Waals surface area contributed by atoms with Crippen LogP contribution in [0.2, 0.25) is 0 Å². The topological polar surface area (TPSA) is 72.4 Å². The van der Waals surface area contributed by atoms with Gasteiger partial charge in [-0.25, -0.2) is 0 Å². The molecule has 6 nitrogen and oxygen atoms in total. The number of carbonyl (C=O) groups is 2. The van der Waals surface area contributed by atoms with Crippen molar-refractivity contribution in [2.75, 3.05) is 10.6 Å². The Morgan fingerprint density at radius 1 is 1.17 bits per heavy atom. The van der Waals surface area contributed by atoms with Crippen LogP contribution in [0, 0.1) is 13.8 Å². The van der Waals surface area contributed by atoms with Crippen molar-refractivity contribution in [3.8, 4) is 11.4 Å². The average molecular weight is 454 g/mol. The number of halogens is 1. The molecule has 29 heavy (non-hydrogen) atoms. The first kappa shape index (κ1) is 19.3. The van der Waals surface area contributed by atoms with Gasteiger partial charge in [0.25, 0.3) is 11.8 Å². The molecule has 3 aromatic rings. The number of aromatic nitrogens is 1. The highest BCUT2D eigenvalue weighted by molar-refractivity contribution is 9.10. The first-order chi connectivity index (χ1) is 13.8. The third-order valence-corrected chi connectivity index (χ3v) is 5.40. The molecule has 1 aliphatic rings. The summed E-state index contributed by atoms with van der Waals surface area (Å²) in [6.45, 7) is 5.58. The van der Waals surface area contributed by atoms with Gasteiger partial charge in [0.05, 0.1) is 11.3 Å². The largest absolute Gasteiger partial charge is 0.479 e. The van der Waals surface area contributed by atoms with Crippen molar-refractivity contribution in [1.82, 2.24) is 4.57 Å². The summed E-state index contributed by atoms with van der Waals surface area (Å²) in [7, 11) is 0. The highest BCUT2D eigenvalue weighted by atomic mass is 79.9. The van der Waals surface area contributed by atoms with Crippen LogP contribution in [0.25, 0.3) is 5.69 Å². The lowest BCUT2D eigenvalue weighted by atomic mass is 10.2. The third kappa shape index (κ3) is 3.65. The summed E-state index contributed by atoms with van der Waals surface area (Å²) < 4.78 is 8.57. The summed E-state index contributed by atoms with van der Waals surface area (Å²) in [5.74, 6) is 0.164. The van der Waals surface area contributed by atoms with Crippen LogP contribution in [0.15, 0.2) is 53.0 Å². The maximum atomic E-state index is 12.9. The van der Waals surface area contributed by atoms with Crippen LogP contribution in [-0.2, 0) is 4.79 Å². The molecule has 1 aliphatic heterocycles. The van der Waals surface area contributed by atoms with Crippen LogP contribution in [0.1, 0.15) is 28.7 Å². The first-order valence-corrected chi connectivity index (χ1v) is 10.0. The summed E-state index contributed by atoms with van der Waals surface area (Å²) in [5.41, 5.74) is 4.52. The smallest absolute Gasteiger partial charge is 0.265 e. The number of nitrogens with one attached hydrogen (secondary N) is 2. The van der Waals surface area contributed by atoms with Gasteiger partial charge in [-0.3, -0.25) is 9.59 Å². The van der Waals surface area contributed by atoms with Crippen LogP contribution in [0.5, 0.6) is 5.75 Å². The normalized spacial score (nSPS) is 15.3. The predicted molar refractivity (Wildman–Crippen MR) is 116 cm³/mol. The van der Waals surface area contributed by atoms with Crippen molar-refractivity contribution >= 4 is 39.1 Å². The number of aryl methyl sites for hydroxylation is 1. The Bertz CT molecular complexity index is 1140. The van der Waals surface area contributed by atoms with E-state index in [0.29, 0.717) is 22.7 Å². The Labute approximate surface area is 177 Å². The Morgan fingerprint density at radius 3 is 2.72 bits per heavy atom. The summed E-state index contributed by atoms with van der Waals surface area (Å²) in [6.07, 6.45) is -0.536. The Balaban J connectivity index is 1.61. The first-order valence-electron chi connectivity index (χ1n) is 9.21. The van der Waals surface area contributed by atoms with Gasteiger partial charge in [-0.15, -0.1) is 0 Å². The van der Waals surface area contributed by atoms with E-state index in [1.54, 1.807) is 25.1 Å². The molecule has 2 N–H and O–H groups in total. The molecular formula is C22H20BrN3O3. The molecule has 0 saturated heterocycles. The van der Waals surface area contributed by atoms with Gasteiger partial charge in [0.2, 0.25) is 0 Å². The van der Waals surface area contributed by atoms with Crippen LogP contribution < -0.4 is 15.4 Å². The molecule has 1 unspecified atom stereocenters. The minimum atomic E-state index is -0.536. The van der Waals surface area contributed by atoms with E-state index >= 15 is 0 Å². The molecule has 2 aromatic carbocycles. The molecule has 2 amide bonds. The van der Waals surface area contributed by atoms with E-state index in [1.165, 1.54) is 0 Å². The number of amides is 2. The minimum Gasteiger partial charge on any atom is -0.479 e. The molecule has 7 heteroatoms. The van der Waals surface area contributed by atoms with Gasteiger partial charge in [0, 0.05) is 27.2 Å². The molecule has 0 aliphatic carbocycles. The van der Waals surface area contributed by atoms with E-state index in [-0.39, 0.29) is 11.8 Å². The fraction of sp³-hybridized carbons (Fsp3) is 0.182. The van der Waals surface area contributed by atoms with Crippen molar-refractivity contribution in [3.05, 3.63) is 70.0 Å². The molecule has 1 atom stereocenters. The summed E-state index contributed by atoms with van der Waals surface area (Å²) in [5, 5.41) is 5.70. The standard InChI is InChI=1S/C22H20BrN3O3/c1-12-9-18(13(2)26(12)17-6-4-5-15(23)10-17)22(28)24-16-7-8-20-19(11-16)25-21(27)14(3)29-20/h4-11,14H,1-3H3,(H,24,28)(H,25,27). The number of carbonyl (C=O) groups excluding carboxylic acids is 2. The van der Waals surface area contributed by atoms with Crippen molar-refractivity contribution in [3.63, 3.8) is 0 Å². The highest BCUT2D eigenvalue weighted by Gasteiger charge is 2.24. The molecule has 4 rings (SSSR count). The Kier molecular flexibility index (Phi) is 4.92. The van der Waals surface area contributed by atoms with Crippen molar-refractivity contribution in [2.24, 2.45) is 0 Å². The van der Waals surface area contributed by atoms with E-state index in [9.17, 15) is 9.59 Å². The van der Waals surface area contributed by atoms with Crippen molar-refractivity contribution in [2.45, 2.75) is 26.9 Å². The number of ether oxygens (including phenoxy) is 1. The fourth-order valence-electron chi connectivity index (χ4n) is 3.49. The molecule has 0 radical (unpaired) electrons. The van der Waals surface area contributed by atoms with E-state index in [1.807, 2.05) is 48.7 Å². The van der Waals surface area contributed by atoms with Gasteiger partial charge in [0.15, 0.2) is 6.10 Å². The Morgan fingerprint density at radius 2 is 1.97 bits per heavy atom. The zero-order valence-electron chi connectivity index (χ0n) is 16.2. The summed E-state index contributed by atoms with van der Waals surface area (Å²) in [4.78, 5) is 24.8. The monoisotopic (exact) mass is 453 g/mol. The third-order valence-electron chi connectivity index (χ3n) is 4.91. The van der Waals surface area contributed by atoms with E-state index in [0.717, 1.165) is 21.5 Å². The lowest BCUT2D eigenvalue weighted by Crippen LogP contribution is -2.34. The summed E-state index contributed by atoms with van der Waals surface area (Å²) >= 11 is 3.49. The molecule has 0 spiro atoms. The summed E-state index contributed by atoms with van der Waals surface area (Å²) in [6, 6.07) is 15.0. The molecule has 0 saturated carbocycles. The van der Waals surface area contributed by atoms with E-state index < -0.39 is 6.10 Å². The quantitative estimate of drug-likeness (QED) is 0.596. The predicted octanol–water partition coefficient (Wildman–Crippen LogP) is 4.83. The molecule has 0 bridgehead atoms. The second kappa shape index (κ2) is 7.40. The maximum absolute atomic E-state index is 12.9. The molecule has 2 heterocycles. The minimum absolute atomic E-state index is 0.210. The second-order valence-electron chi connectivity index (χ2n) is 7.01.